The molecule has 0 bridgehead atoms. The van der Waals surface area contributed by atoms with E-state index in [2.05, 4.69) is 72.8 Å². The predicted octanol–water partition coefficient (Wildman–Crippen LogP) is 2.62. The van der Waals surface area contributed by atoms with E-state index in [1.165, 1.54) is 10.5 Å². The van der Waals surface area contributed by atoms with Crippen molar-refractivity contribution < 1.29 is 0 Å². The summed E-state index contributed by atoms with van der Waals surface area (Å²) < 4.78 is 3.88. The fraction of sp³-hybridized carbons (Fsp3) is 0. The van der Waals surface area contributed by atoms with Crippen molar-refractivity contribution in [1.29, 1.82) is 0 Å². The summed E-state index contributed by atoms with van der Waals surface area (Å²) in [4.78, 5) is 0. The summed E-state index contributed by atoms with van der Waals surface area (Å²) in [6.45, 7) is 0. The fourth-order valence-electron chi connectivity index (χ4n) is 2.50. The van der Waals surface area contributed by atoms with Crippen LogP contribution in [0, 0.1) is 0 Å². The van der Waals surface area contributed by atoms with E-state index in [4.69, 9.17) is 8.83 Å². The van der Waals surface area contributed by atoms with E-state index in [1.807, 2.05) is 18.2 Å². The average Bonchev–Trinajstić information content (AvgIpc) is 2.56. The average molecular weight is 390 g/mol. The second kappa shape index (κ2) is 6.04. The minimum absolute atomic E-state index is 1.29. The van der Waals surface area contributed by atoms with Crippen LogP contribution >= 0.6 is 8.83 Å². The Kier molecular flexibility index (Phi) is 4.15. The van der Waals surface area contributed by atoms with Gasteiger partial charge in [0.2, 0.25) is 0 Å². The summed E-state index contributed by atoms with van der Waals surface area (Å²) in [6.07, 6.45) is 0. The quantitative estimate of drug-likeness (QED) is 0.604. The summed E-state index contributed by atoms with van der Waals surface area (Å²) in [5, 5.41) is 0. The van der Waals surface area contributed by atoms with E-state index < -0.39 is 17.7 Å². The van der Waals surface area contributed by atoms with Gasteiger partial charge in [-0.2, -0.15) is 0 Å². The van der Waals surface area contributed by atoms with E-state index >= 15 is 0 Å². The molecule has 100 valence electrons. The van der Waals surface area contributed by atoms with Gasteiger partial charge in [0.15, 0.2) is 0 Å². The normalized spacial score (nSPS) is 12.1. The Balaban J connectivity index is 2.24. The maximum absolute atomic E-state index is 7.33. The molecule has 0 aliphatic rings. The molecule has 0 aromatic heterocycles. The number of rotatable bonds is 3. The van der Waals surface area contributed by atoms with Gasteiger partial charge in [0.05, 0.1) is 0 Å². The topological polar surface area (TPSA) is 0 Å². The van der Waals surface area contributed by atoms with E-state index in [9.17, 15) is 0 Å². The summed E-state index contributed by atoms with van der Waals surface area (Å²) in [6, 6.07) is 31.6. The molecule has 0 atom stereocenters. The molecular formula is C18H16ClSb. The van der Waals surface area contributed by atoms with Gasteiger partial charge in [-0.1, -0.05) is 0 Å². The zero-order valence-electron chi connectivity index (χ0n) is 11.0. The van der Waals surface area contributed by atoms with Crippen molar-refractivity contribution in [1.82, 2.24) is 0 Å². The van der Waals surface area contributed by atoms with Crippen LogP contribution in [0.4, 0.5) is 0 Å². The first-order valence-electron chi connectivity index (χ1n) is 6.67. The third-order valence-corrected chi connectivity index (χ3v) is 17.6. The molecule has 0 fully saturated rings. The summed E-state index contributed by atoms with van der Waals surface area (Å²) in [5.41, 5.74) is 0. The molecule has 2 heteroatoms. The Morgan fingerprint density at radius 3 is 0.950 bits per heavy atom. The molecular weight excluding hydrogens is 373 g/mol. The molecule has 0 radical (unpaired) electrons. The fourth-order valence-corrected chi connectivity index (χ4v) is 13.5. The first-order chi connectivity index (χ1) is 9.82. The molecule has 0 saturated heterocycles. The number of halogens is 1. The van der Waals surface area contributed by atoms with E-state index in [0.717, 1.165) is 0 Å². The third-order valence-electron chi connectivity index (χ3n) is 3.51. The Bertz CT molecular complexity index is 569. The van der Waals surface area contributed by atoms with Gasteiger partial charge in [-0.15, -0.1) is 0 Å². The van der Waals surface area contributed by atoms with Crippen LogP contribution in [0.2, 0.25) is 0 Å². The van der Waals surface area contributed by atoms with Crippen molar-refractivity contribution >= 4 is 37.0 Å². The standard InChI is InChI=1S/3C6H5.ClH.Sb.H/c3*1-2-4-6-5-3-1;;;/h3*1-5H;1H;;/q;;;;+1;/p-1. The maximum atomic E-state index is 7.33. The van der Waals surface area contributed by atoms with Crippen LogP contribution in [-0.2, 0) is 0 Å². The summed E-state index contributed by atoms with van der Waals surface area (Å²) >= 11 is -3.30. The van der Waals surface area contributed by atoms with Crippen molar-refractivity contribution in [3.63, 3.8) is 0 Å². The van der Waals surface area contributed by atoms with Gasteiger partial charge in [-0.05, 0) is 0 Å². The van der Waals surface area contributed by atoms with Crippen LogP contribution in [0.1, 0.15) is 0 Å². The van der Waals surface area contributed by atoms with Gasteiger partial charge in [0.25, 0.3) is 0 Å². The Morgan fingerprint density at radius 2 is 0.700 bits per heavy atom. The number of hydrogen-bond donors (Lipinski definition) is 0. The van der Waals surface area contributed by atoms with Crippen LogP contribution < -0.4 is 10.5 Å². The van der Waals surface area contributed by atoms with Crippen molar-refractivity contribution in [2.75, 3.05) is 0 Å². The summed E-state index contributed by atoms with van der Waals surface area (Å²) in [5.74, 6) is 0. The summed E-state index contributed by atoms with van der Waals surface area (Å²) in [7, 11) is 7.33. The monoisotopic (exact) mass is 388 g/mol. The van der Waals surface area contributed by atoms with Crippen molar-refractivity contribution in [2.24, 2.45) is 0 Å². The second-order valence-electron chi connectivity index (χ2n) is 4.76. The van der Waals surface area contributed by atoms with Crippen LogP contribution in [0.5, 0.6) is 0 Å². The molecule has 0 unspecified atom stereocenters. The van der Waals surface area contributed by atoms with Crippen LogP contribution in [0.25, 0.3) is 0 Å². The first kappa shape index (κ1) is 13.7. The second-order valence-corrected chi connectivity index (χ2v) is 17.3. The molecule has 0 N–H and O–H groups in total. The number of benzene rings is 3. The van der Waals surface area contributed by atoms with Crippen LogP contribution in [0.15, 0.2) is 91.0 Å². The van der Waals surface area contributed by atoms with Gasteiger partial charge in [-0.3, -0.25) is 0 Å². The third kappa shape index (κ3) is 2.51. The molecule has 0 aliphatic carbocycles. The van der Waals surface area contributed by atoms with Gasteiger partial charge in [-0.25, -0.2) is 0 Å². The molecule has 0 nitrogen and oxygen atoms in total. The molecule has 3 aromatic rings. The molecule has 0 aliphatic heterocycles. The molecule has 20 heavy (non-hydrogen) atoms. The molecule has 0 amide bonds. The first-order valence-corrected chi connectivity index (χ1v) is 14.6. The zero-order chi connectivity index (χ0) is 13.8. The molecule has 0 heterocycles. The van der Waals surface area contributed by atoms with Gasteiger partial charge < -0.3 is 0 Å². The Hall–Kier alpha value is -1.23. The van der Waals surface area contributed by atoms with E-state index in [0.29, 0.717) is 0 Å². The van der Waals surface area contributed by atoms with Gasteiger partial charge in [0.1, 0.15) is 0 Å². The van der Waals surface area contributed by atoms with E-state index in [1.54, 1.807) is 0 Å². The van der Waals surface area contributed by atoms with Crippen LogP contribution in [0.3, 0.4) is 0 Å². The predicted molar refractivity (Wildman–Crippen MR) is 91.2 cm³/mol. The Labute approximate surface area is 127 Å². The van der Waals surface area contributed by atoms with E-state index in [-0.39, 0.29) is 0 Å². The molecule has 0 saturated carbocycles. The van der Waals surface area contributed by atoms with Gasteiger partial charge >= 0.3 is 128 Å². The SMILES string of the molecule is [Cl][SbH]([c]1ccccc1)([c]1ccccc1)[c]1ccccc1. The van der Waals surface area contributed by atoms with Crippen molar-refractivity contribution in [2.45, 2.75) is 0 Å². The number of hydrogen-bond acceptors (Lipinski definition) is 0. The molecule has 3 aromatic carbocycles. The van der Waals surface area contributed by atoms with Gasteiger partial charge in [0, 0.05) is 0 Å². The molecule has 3 rings (SSSR count). The zero-order valence-corrected chi connectivity index (χ0v) is 14.6. The van der Waals surface area contributed by atoms with Crippen molar-refractivity contribution in [3.05, 3.63) is 91.0 Å². The van der Waals surface area contributed by atoms with Crippen LogP contribution in [-0.4, -0.2) is 17.7 Å². The van der Waals surface area contributed by atoms with Crippen molar-refractivity contribution in [3.8, 4) is 0 Å². The Morgan fingerprint density at radius 1 is 0.450 bits per heavy atom. The minimum atomic E-state index is -3.30. The molecule has 0 spiro atoms.